The van der Waals surface area contributed by atoms with Crippen LogP contribution in [-0.2, 0) is 4.79 Å². The molecule has 0 bridgehead atoms. The maximum Gasteiger partial charge on any atom is 0.408 e. The fourth-order valence-electron chi connectivity index (χ4n) is 2.16. The van der Waals surface area contributed by atoms with Crippen molar-refractivity contribution in [1.82, 2.24) is 5.32 Å². The van der Waals surface area contributed by atoms with Gasteiger partial charge in [0, 0.05) is 12.5 Å². The van der Waals surface area contributed by atoms with Gasteiger partial charge in [0.25, 0.3) is 0 Å². The monoisotopic (exact) mass is 288 g/mol. The molecule has 3 nitrogen and oxygen atoms in total. The molecule has 0 aromatic heterocycles. The fraction of sp³-hybridized carbons (Fsp3) is 0.909. The lowest BCUT2D eigenvalue weighted by Crippen LogP contribution is -2.51. The average Bonchev–Trinajstić information content (AvgIpc) is 2.75. The Hall–Kier alpha value is -0.490. The summed E-state index contributed by atoms with van der Waals surface area (Å²) >= 11 is 0. The number of rotatable bonds is 4. The van der Waals surface area contributed by atoms with Gasteiger partial charge in [-0.1, -0.05) is 19.8 Å². The minimum absolute atomic E-state index is 0. The van der Waals surface area contributed by atoms with Gasteiger partial charge in [-0.15, -0.1) is 12.4 Å². The van der Waals surface area contributed by atoms with Crippen molar-refractivity contribution in [2.24, 2.45) is 17.6 Å². The number of nitrogens with two attached hydrogens (primary N) is 1. The summed E-state index contributed by atoms with van der Waals surface area (Å²) in [5.41, 5.74) is 5.27. The van der Waals surface area contributed by atoms with Gasteiger partial charge in [-0.25, -0.2) is 0 Å². The molecular formula is C11H20ClF3N2O. The number of amides is 1. The van der Waals surface area contributed by atoms with E-state index in [0.29, 0.717) is 12.8 Å². The Morgan fingerprint density at radius 1 is 1.39 bits per heavy atom. The third-order valence-corrected chi connectivity index (χ3v) is 3.32. The van der Waals surface area contributed by atoms with Crippen LogP contribution in [0.1, 0.15) is 32.6 Å². The summed E-state index contributed by atoms with van der Waals surface area (Å²) in [6.07, 6.45) is -1.71. The van der Waals surface area contributed by atoms with E-state index in [9.17, 15) is 18.0 Å². The first-order chi connectivity index (χ1) is 7.86. The topological polar surface area (TPSA) is 55.1 Å². The van der Waals surface area contributed by atoms with Crippen LogP contribution in [0.25, 0.3) is 0 Å². The highest BCUT2D eigenvalue weighted by Crippen LogP contribution is 2.35. The number of alkyl halides is 3. The van der Waals surface area contributed by atoms with Gasteiger partial charge in [0.05, 0.1) is 0 Å². The maximum absolute atomic E-state index is 12.9. The number of hydrogen-bond donors (Lipinski definition) is 2. The minimum atomic E-state index is -4.38. The molecule has 18 heavy (non-hydrogen) atoms. The van der Waals surface area contributed by atoms with Gasteiger partial charge in [-0.2, -0.15) is 13.2 Å². The van der Waals surface area contributed by atoms with Crippen LogP contribution in [0.5, 0.6) is 0 Å². The summed E-state index contributed by atoms with van der Waals surface area (Å²) < 4.78 is 38.6. The quantitative estimate of drug-likeness (QED) is 0.833. The Morgan fingerprint density at radius 3 is 2.28 bits per heavy atom. The number of carbonyl (C=O) groups is 1. The van der Waals surface area contributed by atoms with E-state index >= 15 is 0 Å². The molecule has 1 saturated carbocycles. The Kier molecular flexibility index (Phi) is 6.99. The predicted molar refractivity (Wildman–Crippen MR) is 65.4 cm³/mol. The molecule has 0 heterocycles. The third-order valence-electron chi connectivity index (χ3n) is 3.32. The molecule has 2 atom stereocenters. The standard InChI is InChI=1S/C11H19F3N2O.ClH/c1-7(6-15)10(17)16-9(11(12,13)14)8-4-2-3-5-8;/h7-9H,2-6,15H2,1H3,(H,16,17);1H. The molecule has 0 saturated heterocycles. The Bertz CT molecular complexity index is 268. The first kappa shape index (κ1) is 17.5. The Morgan fingerprint density at radius 2 is 1.89 bits per heavy atom. The summed E-state index contributed by atoms with van der Waals surface area (Å²) in [6.45, 7) is 1.58. The minimum Gasteiger partial charge on any atom is -0.344 e. The lowest BCUT2D eigenvalue weighted by Gasteiger charge is -2.28. The summed E-state index contributed by atoms with van der Waals surface area (Å²) in [5.74, 6) is -1.67. The smallest absolute Gasteiger partial charge is 0.344 e. The first-order valence-corrected chi connectivity index (χ1v) is 5.93. The highest BCUT2D eigenvalue weighted by Gasteiger charge is 2.46. The molecule has 0 aromatic rings. The Balaban J connectivity index is 0.00000289. The summed E-state index contributed by atoms with van der Waals surface area (Å²) in [4.78, 5) is 11.5. The highest BCUT2D eigenvalue weighted by atomic mass is 35.5. The number of hydrogen-bond acceptors (Lipinski definition) is 2. The molecule has 0 spiro atoms. The normalized spacial score (nSPS) is 20.1. The lowest BCUT2D eigenvalue weighted by molar-refractivity contribution is -0.172. The van der Waals surface area contributed by atoms with E-state index in [4.69, 9.17) is 5.73 Å². The molecule has 2 unspecified atom stereocenters. The second-order valence-corrected chi connectivity index (χ2v) is 4.71. The zero-order valence-corrected chi connectivity index (χ0v) is 11.1. The second-order valence-electron chi connectivity index (χ2n) is 4.71. The first-order valence-electron chi connectivity index (χ1n) is 5.93. The van der Waals surface area contributed by atoms with Crippen molar-refractivity contribution < 1.29 is 18.0 Å². The number of halogens is 4. The third kappa shape index (κ3) is 4.65. The molecule has 1 rings (SSSR count). The predicted octanol–water partition coefficient (Wildman–Crippen LogP) is 2.24. The summed E-state index contributed by atoms with van der Waals surface area (Å²) in [5, 5.41) is 2.11. The molecule has 7 heteroatoms. The van der Waals surface area contributed by atoms with E-state index < -0.39 is 30.0 Å². The molecule has 0 radical (unpaired) electrons. The zero-order valence-electron chi connectivity index (χ0n) is 10.3. The Labute approximate surface area is 111 Å². The van der Waals surface area contributed by atoms with E-state index in [-0.39, 0.29) is 19.0 Å². The summed E-state index contributed by atoms with van der Waals surface area (Å²) in [6, 6.07) is -1.72. The molecule has 1 fully saturated rings. The van der Waals surface area contributed by atoms with Gasteiger partial charge in [0.2, 0.25) is 5.91 Å². The van der Waals surface area contributed by atoms with Crippen LogP contribution < -0.4 is 11.1 Å². The van der Waals surface area contributed by atoms with Crippen molar-refractivity contribution in [3.63, 3.8) is 0 Å². The molecular weight excluding hydrogens is 269 g/mol. The maximum atomic E-state index is 12.9. The van der Waals surface area contributed by atoms with Gasteiger partial charge in [-0.3, -0.25) is 4.79 Å². The van der Waals surface area contributed by atoms with E-state index in [1.807, 2.05) is 0 Å². The van der Waals surface area contributed by atoms with E-state index in [2.05, 4.69) is 5.32 Å². The highest BCUT2D eigenvalue weighted by molar-refractivity contribution is 5.85. The van der Waals surface area contributed by atoms with Crippen LogP contribution in [0.3, 0.4) is 0 Å². The van der Waals surface area contributed by atoms with Gasteiger partial charge in [-0.05, 0) is 18.8 Å². The van der Waals surface area contributed by atoms with Crippen LogP contribution in [0.4, 0.5) is 13.2 Å². The van der Waals surface area contributed by atoms with Crippen molar-refractivity contribution in [3.05, 3.63) is 0 Å². The van der Waals surface area contributed by atoms with E-state index in [1.54, 1.807) is 0 Å². The van der Waals surface area contributed by atoms with Gasteiger partial charge in [0.15, 0.2) is 0 Å². The lowest BCUT2D eigenvalue weighted by atomic mass is 9.97. The number of nitrogens with one attached hydrogen (secondary N) is 1. The van der Waals surface area contributed by atoms with Crippen molar-refractivity contribution in [1.29, 1.82) is 0 Å². The number of carbonyl (C=O) groups excluding carboxylic acids is 1. The molecule has 0 aromatic carbocycles. The van der Waals surface area contributed by atoms with Crippen molar-refractivity contribution in [2.45, 2.75) is 44.8 Å². The van der Waals surface area contributed by atoms with Crippen molar-refractivity contribution in [3.8, 4) is 0 Å². The van der Waals surface area contributed by atoms with Crippen LogP contribution in [0.2, 0.25) is 0 Å². The molecule has 1 aliphatic rings. The second kappa shape index (κ2) is 7.19. The van der Waals surface area contributed by atoms with Crippen LogP contribution in [0.15, 0.2) is 0 Å². The summed E-state index contributed by atoms with van der Waals surface area (Å²) in [7, 11) is 0. The molecule has 1 aliphatic carbocycles. The molecule has 108 valence electrons. The van der Waals surface area contributed by atoms with Crippen molar-refractivity contribution >= 4 is 18.3 Å². The van der Waals surface area contributed by atoms with Gasteiger partial charge < -0.3 is 11.1 Å². The van der Waals surface area contributed by atoms with Gasteiger partial charge in [0.1, 0.15) is 6.04 Å². The molecule has 1 amide bonds. The van der Waals surface area contributed by atoms with Crippen molar-refractivity contribution in [2.75, 3.05) is 6.54 Å². The largest absolute Gasteiger partial charge is 0.408 e. The fourth-order valence-corrected chi connectivity index (χ4v) is 2.16. The average molecular weight is 289 g/mol. The van der Waals surface area contributed by atoms with E-state index in [0.717, 1.165) is 12.8 Å². The molecule has 0 aliphatic heterocycles. The molecule has 3 N–H and O–H groups in total. The SMILES string of the molecule is CC(CN)C(=O)NC(C1CCCC1)C(F)(F)F.Cl. The van der Waals surface area contributed by atoms with E-state index in [1.165, 1.54) is 6.92 Å². The van der Waals surface area contributed by atoms with Crippen LogP contribution in [0, 0.1) is 11.8 Å². The van der Waals surface area contributed by atoms with Gasteiger partial charge >= 0.3 is 6.18 Å². The van der Waals surface area contributed by atoms with Crippen LogP contribution >= 0.6 is 12.4 Å². The zero-order chi connectivity index (χ0) is 13.1. The van der Waals surface area contributed by atoms with Crippen LogP contribution in [-0.4, -0.2) is 24.7 Å².